The Kier molecular flexibility index (Phi) is 4.38. The molecule has 1 nitrogen and oxygen atoms in total. The van der Waals surface area contributed by atoms with E-state index in [1.54, 1.807) is 0 Å². The third kappa shape index (κ3) is 2.69. The van der Waals surface area contributed by atoms with Crippen molar-refractivity contribution in [3.05, 3.63) is 173 Å². The zero-order valence-corrected chi connectivity index (χ0v) is 21.9. The molecule has 0 N–H and O–H groups in total. The number of hydrogen-bond acceptors (Lipinski definition) is 1. The highest BCUT2D eigenvalue weighted by Gasteiger charge is 2.50. The van der Waals surface area contributed by atoms with E-state index in [2.05, 4.69) is 140 Å². The monoisotopic (exact) mass is 507 g/mol. The summed E-state index contributed by atoms with van der Waals surface area (Å²) in [5.41, 5.74) is 13.9. The molecule has 1 heteroatoms. The zero-order chi connectivity index (χ0) is 26.3. The predicted octanol–water partition coefficient (Wildman–Crippen LogP) is 9.32. The molecule has 0 saturated carbocycles. The van der Waals surface area contributed by atoms with Crippen molar-refractivity contribution in [1.82, 2.24) is 4.98 Å². The van der Waals surface area contributed by atoms with Crippen LogP contribution in [-0.2, 0) is 11.8 Å². The molecule has 0 atom stereocenters. The van der Waals surface area contributed by atoms with Crippen LogP contribution in [0.5, 0.6) is 0 Å². The van der Waals surface area contributed by atoms with Gasteiger partial charge in [-0.2, -0.15) is 0 Å². The van der Waals surface area contributed by atoms with E-state index in [1.807, 2.05) is 0 Å². The van der Waals surface area contributed by atoms with E-state index in [4.69, 9.17) is 4.98 Å². The third-order valence-electron chi connectivity index (χ3n) is 9.14. The lowest BCUT2D eigenvalue weighted by Gasteiger charge is -2.40. The van der Waals surface area contributed by atoms with E-state index in [9.17, 15) is 0 Å². The van der Waals surface area contributed by atoms with Crippen LogP contribution in [0.3, 0.4) is 0 Å². The molecule has 6 aromatic carbocycles. The SMILES string of the molecule is c1ccc(-c2nc3ccccc3c3c4c(ccc23)C2(c3ccccc3Cc3ccccc32)c2ccccc2-4)cc1. The van der Waals surface area contributed by atoms with E-state index in [-0.39, 0.29) is 5.41 Å². The van der Waals surface area contributed by atoms with Crippen molar-refractivity contribution in [2.24, 2.45) is 0 Å². The molecule has 1 spiro atoms. The average molecular weight is 508 g/mol. The molecule has 0 amide bonds. The molecule has 0 bridgehead atoms. The van der Waals surface area contributed by atoms with Gasteiger partial charge in [-0.3, -0.25) is 0 Å². The van der Waals surface area contributed by atoms with Gasteiger partial charge in [0.1, 0.15) is 0 Å². The molecular formula is C39H25N. The van der Waals surface area contributed by atoms with Crippen molar-refractivity contribution in [3.63, 3.8) is 0 Å². The van der Waals surface area contributed by atoms with Gasteiger partial charge in [-0.1, -0.05) is 133 Å². The van der Waals surface area contributed by atoms with Crippen molar-refractivity contribution in [3.8, 4) is 22.4 Å². The van der Waals surface area contributed by atoms with E-state index in [1.165, 1.54) is 60.7 Å². The standard InChI is InChI=1S/C39H25N/c1-2-12-25(13-3-1)38-30-22-23-34-37(36(30)29-17-7-11-21-35(29)40-38)28-16-6-10-20-33(28)39(34)31-18-8-4-14-26(31)24-27-15-5-9-19-32(27)39/h1-23H,24H2. The first-order valence-electron chi connectivity index (χ1n) is 14.0. The second-order valence-corrected chi connectivity index (χ2v) is 11.0. The van der Waals surface area contributed by atoms with Gasteiger partial charge >= 0.3 is 0 Å². The lowest BCUT2D eigenvalue weighted by Crippen LogP contribution is -2.34. The van der Waals surface area contributed by atoms with E-state index in [0.717, 1.165) is 23.2 Å². The minimum Gasteiger partial charge on any atom is -0.247 e. The fourth-order valence-electron chi connectivity index (χ4n) is 7.64. The van der Waals surface area contributed by atoms with Gasteiger partial charge in [0.05, 0.1) is 16.6 Å². The Morgan fingerprint density at radius 3 is 1.88 bits per heavy atom. The summed E-state index contributed by atoms with van der Waals surface area (Å²) in [5.74, 6) is 0. The highest BCUT2D eigenvalue weighted by atomic mass is 14.7. The minimum absolute atomic E-state index is 0.358. The summed E-state index contributed by atoms with van der Waals surface area (Å²) < 4.78 is 0. The number of aromatic nitrogens is 1. The molecule has 1 heterocycles. The van der Waals surface area contributed by atoms with Gasteiger partial charge in [-0.15, -0.1) is 0 Å². The minimum atomic E-state index is -0.358. The van der Waals surface area contributed by atoms with Crippen molar-refractivity contribution < 1.29 is 0 Å². The fourth-order valence-corrected chi connectivity index (χ4v) is 7.64. The third-order valence-corrected chi connectivity index (χ3v) is 9.14. The summed E-state index contributed by atoms with van der Waals surface area (Å²) in [4.78, 5) is 5.23. The van der Waals surface area contributed by atoms with E-state index in [0.29, 0.717) is 0 Å². The molecule has 2 aliphatic carbocycles. The Morgan fingerprint density at radius 1 is 0.475 bits per heavy atom. The number of rotatable bonds is 1. The van der Waals surface area contributed by atoms with Crippen LogP contribution >= 0.6 is 0 Å². The Labute approximate surface area is 233 Å². The Bertz CT molecular complexity index is 2090. The van der Waals surface area contributed by atoms with Crippen LogP contribution in [0.25, 0.3) is 44.1 Å². The number of hydrogen-bond donors (Lipinski definition) is 0. The number of benzene rings is 6. The van der Waals surface area contributed by atoms with Crippen molar-refractivity contribution >= 4 is 21.7 Å². The molecule has 0 fully saturated rings. The summed E-state index contributed by atoms with van der Waals surface area (Å²) in [5, 5.41) is 3.71. The first kappa shape index (κ1) is 21.9. The van der Waals surface area contributed by atoms with Crippen LogP contribution in [0.2, 0.25) is 0 Å². The van der Waals surface area contributed by atoms with Gasteiger partial charge in [-0.05, 0) is 57.0 Å². The van der Waals surface area contributed by atoms with Gasteiger partial charge in [0, 0.05) is 21.7 Å². The van der Waals surface area contributed by atoms with Crippen molar-refractivity contribution in [1.29, 1.82) is 0 Å². The second-order valence-electron chi connectivity index (χ2n) is 11.0. The summed E-state index contributed by atoms with van der Waals surface area (Å²) in [6, 6.07) is 51.3. The normalized spacial score (nSPS) is 14.1. The maximum Gasteiger partial charge on any atom is 0.0788 e. The highest BCUT2D eigenvalue weighted by Crippen LogP contribution is 2.61. The van der Waals surface area contributed by atoms with E-state index >= 15 is 0 Å². The Balaban J connectivity index is 1.52. The summed E-state index contributed by atoms with van der Waals surface area (Å²) in [7, 11) is 0. The molecule has 0 unspecified atom stereocenters. The van der Waals surface area contributed by atoms with Crippen LogP contribution in [-0.4, -0.2) is 4.98 Å². The molecule has 186 valence electrons. The highest BCUT2D eigenvalue weighted by molar-refractivity contribution is 6.19. The average Bonchev–Trinajstić information content (AvgIpc) is 3.32. The fraction of sp³-hybridized carbons (Fsp3) is 0.0513. The van der Waals surface area contributed by atoms with Crippen LogP contribution in [0, 0.1) is 0 Å². The summed E-state index contributed by atoms with van der Waals surface area (Å²) >= 11 is 0. The molecule has 0 saturated heterocycles. The lowest BCUT2D eigenvalue weighted by atomic mass is 9.61. The maximum atomic E-state index is 5.23. The second kappa shape index (κ2) is 8.00. The molecule has 1 aromatic heterocycles. The van der Waals surface area contributed by atoms with E-state index < -0.39 is 0 Å². The number of para-hydroxylation sites is 1. The quantitative estimate of drug-likeness (QED) is 0.202. The summed E-state index contributed by atoms with van der Waals surface area (Å²) in [6.07, 6.45) is 0.962. The van der Waals surface area contributed by atoms with Gasteiger partial charge in [0.25, 0.3) is 0 Å². The lowest BCUT2D eigenvalue weighted by molar-refractivity contribution is 0.722. The molecule has 2 aliphatic rings. The number of nitrogens with zero attached hydrogens (tertiary/aromatic N) is 1. The van der Waals surface area contributed by atoms with Crippen molar-refractivity contribution in [2.45, 2.75) is 11.8 Å². The molecule has 9 rings (SSSR count). The molecular weight excluding hydrogens is 482 g/mol. The van der Waals surface area contributed by atoms with Crippen LogP contribution in [0.4, 0.5) is 0 Å². The predicted molar refractivity (Wildman–Crippen MR) is 165 cm³/mol. The van der Waals surface area contributed by atoms with Gasteiger partial charge in [0.2, 0.25) is 0 Å². The van der Waals surface area contributed by atoms with Gasteiger partial charge in [-0.25, -0.2) is 4.98 Å². The topological polar surface area (TPSA) is 12.9 Å². The molecule has 0 radical (unpaired) electrons. The Hall–Kier alpha value is -5.01. The first-order valence-corrected chi connectivity index (χ1v) is 14.0. The van der Waals surface area contributed by atoms with Crippen molar-refractivity contribution in [2.75, 3.05) is 0 Å². The molecule has 40 heavy (non-hydrogen) atoms. The van der Waals surface area contributed by atoms with Crippen LogP contribution < -0.4 is 0 Å². The van der Waals surface area contributed by atoms with Gasteiger partial charge in [0.15, 0.2) is 0 Å². The number of fused-ring (bicyclic) bond motifs is 13. The van der Waals surface area contributed by atoms with Crippen LogP contribution in [0.1, 0.15) is 33.4 Å². The van der Waals surface area contributed by atoms with Gasteiger partial charge < -0.3 is 0 Å². The number of pyridine rings is 1. The maximum absolute atomic E-state index is 5.23. The first-order chi connectivity index (χ1) is 19.9. The summed E-state index contributed by atoms with van der Waals surface area (Å²) in [6.45, 7) is 0. The smallest absolute Gasteiger partial charge is 0.0788 e. The molecule has 0 aliphatic heterocycles. The Morgan fingerprint density at radius 2 is 1.10 bits per heavy atom. The molecule has 7 aromatic rings. The zero-order valence-electron chi connectivity index (χ0n) is 21.9. The largest absolute Gasteiger partial charge is 0.247 e. The van der Waals surface area contributed by atoms with Crippen LogP contribution in [0.15, 0.2) is 140 Å².